The number of H-pyrrole nitrogens is 1. The number of aromatic amines is 1. The number of carbonyl (C=O) groups excluding carboxylic acids is 2. The van der Waals surface area contributed by atoms with E-state index in [1.807, 2.05) is 44.2 Å². The molecule has 1 heterocycles. The second-order valence-electron chi connectivity index (χ2n) is 5.54. The van der Waals surface area contributed by atoms with Gasteiger partial charge in [0.05, 0.1) is 5.56 Å². The summed E-state index contributed by atoms with van der Waals surface area (Å²) in [6, 6.07) is 14.7. The van der Waals surface area contributed by atoms with Crippen LogP contribution < -0.4 is 0 Å². The first-order valence-electron chi connectivity index (χ1n) is 7.40. The summed E-state index contributed by atoms with van der Waals surface area (Å²) in [6.07, 6.45) is 0. The van der Waals surface area contributed by atoms with Crippen LogP contribution in [0, 0.1) is 13.8 Å². The molecule has 0 unspecified atom stereocenters. The Morgan fingerprint density at radius 1 is 1.04 bits per heavy atom. The number of nitrogens with one attached hydrogen (secondary N) is 1. The highest BCUT2D eigenvalue weighted by molar-refractivity contribution is 6.10. The molecular formula is C19H17NO3. The van der Waals surface area contributed by atoms with Gasteiger partial charge < -0.3 is 9.72 Å². The van der Waals surface area contributed by atoms with Crippen LogP contribution in [-0.2, 0) is 4.74 Å². The van der Waals surface area contributed by atoms with Crippen LogP contribution >= 0.6 is 0 Å². The average molecular weight is 307 g/mol. The van der Waals surface area contributed by atoms with Gasteiger partial charge in [0.15, 0.2) is 6.61 Å². The Bertz CT molecular complexity index is 893. The normalized spacial score (nSPS) is 10.7. The van der Waals surface area contributed by atoms with Gasteiger partial charge in [-0.25, -0.2) is 4.79 Å². The Hall–Kier alpha value is -2.88. The molecule has 1 aromatic heterocycles. The van der Waals surface area contributed by atoms with E-state index in [0.29, 0.717) is 11.1 Å². The topological polar surface area (TPSA) is 59.2 Å². The number of hydrogen-bond donors (Lipinski definition) is 1. The molecule has 3 aromatic rings. The molecule has 4 heteroatoms. The van der Waals surface area contributed by atoms with Gasteiger partial charge >= 0.3 is 5.97 Å². The number of para-hydroxylation sites is 1. The van der Waals surface area contributed by atoms with E-state index in [1.165, 1.54) is 0 Å². The van der Waals surface area contributed by atoms with E-state index in [1.54, 1.807) is 18.2 Å². The lowest BCUT2D eigenvalue weighted by Crippen LogP contribution is -2.15. The Labute approximate surface area is 134 Å². The van der Waals surface area contributed by atoms with Crippen molar-refractivity contribution in [3.05, 3.63) is 70.9 Å². The summed E-state index contributed by atoms with van der Waals surface area (Å²) in [5.74, 6) is -0.694. The van der Waals surface area contributed by atoms with Crippen molar-refractivity contribution in [2.24, 2.45) is 0 Å². The standard InChI is InChI=1S/C19H17NO3/c1-12-6-5-7-14(10-12)19(22)23-11-17(21)18-13(2)20-16-9-4-3-8-15(16)18/h3-10,20H,11H2,1-2H3. The van der Waals surface area contributed by atoms with E-state index >= 15 is 0 Å². The van der Waals surface area contributed by atoms with Crippen molar-refractivity contribution < 1.29 is 14.3 Å². The number of carbonyl (C=O) groups is 2. The smallest absolute Gasteiger partial charge is 0.338 e. The molecule has 0 bridgehead atoms. The van der Waals surface area contributed by atoms with E-state index in [9.17, 15) is 9.59 Å². The van der Waals surface area contributed by atoms with E-state index < -0.39 is 5.97 Å². The summed E-state index contributed by atoms with van der Waals surface area (Å²) < 4.78 is 5.17. The molecule has 0 radical (unpaired) electrons. The third-order valence-corrected chi connectivity index (χ3v) is 3.76. The Morgan fingerprint density at radius 2 is 1.83 bits per heavy atom. The molecule has 3 rings (SSSR count). The molecule has 23 heavy (non-hydrogen) atoms. The number of ether oxygens (including phenoxy) is 1. The summed E-state index contributed by atoms with van der Waals surface area (Å²) in [5, 5.41) is 0.849. The SMILES string of the molecule is Cc1cccc(C(=O)OCC(=O)c2c(C)[nH]c3ccccc23)c1. The monoisotopic (exact) mass is 307 g/mol. The molecular weight excluding hydrogens is 290 g/mol. The summed E-state index contributed by atoms with van der Waals surface area (Å²) >= 11 is 0. The van der Waals surface area contributed by atoms with Crippen LogP contribution in [0.3, 0.4) is 0 Å². The zero-order chi connectivity index (χ0) is 16.4. The summed E-state index contributed by atoms with van der Waals surface area (Å²) in [6.45, 7) is 3.47. The van der Waals surface area contributed by atoms with Crippen LogP contribution in [0.15, 0.2) is 48.5 Å². The summed E-state index contributed by atoms with van der Waals surface area (Å²) in [7, 11) is 0. The number of ketones is 1. The van der Waals surface area contributed by atoms with Gasteiger partial charge in [-0.3, -0.25) is 4.79 Å². The molecule has 0 amide bonds. The lowest BCUT2D eigenvalue weighted by molar-refractivity contribution is 0.0475. The number of esters is 1. The first kappa shape index (κ1) is 15.0. The minimum absolute atomic E-state index is 0.207. The maximum absolute atomic E-state index is 12.4. The predicted molar refractivity (Wildman–Crippen MR) is 88.8 cm³/mol. The fourth-order valence-electron chi connectivity index (χ4n) is 2.69. The van der Waals surface area contributed by atoms with Crippen LogP contribution in [0.4, 0.5) is 0 Å². The van der Waals surface area contributed by atoms with Crippen molar-refractivity contribution in [3.63, 3.8) is 0 Å². The Kier molecular flexibility index (Phi) is 3.98. The van der Waals surface area contributed by atoms with Crippen LogP contribution in [-0.4, -0.2) is 23.3 Å². The van der Waals surface area contributed by atoms with Gasteiger partial charge in [-0.1, -0.05) is 35.9 Å². The van der Waals surface area contributed by atoms with Gasteiger partial charge in [-0.15, -0.1) is 0 Å². The highest BCUT2D eigenvalue weighted by atomic mass is 16.5. The van der Waals surface area contributed by atoms with E-state index in [0.717, 1.165) is 22.2 Å². The van der Waals surface area contributed by atoms with Gasteiger partial charge in [0, 0.05) is 22.2 Å². The average Bonchev–Trinajstić information content (AvgIpc) is 2.88. The molecule has 2 aromatic carbocycles. The minimum Gasteiger partial charge on any atom is -0.454 e. The van der Waals surface area contributed by atoms with Gasteiger partial charge in [-0.05, 0) is 32.0 Å². The summed E-state index contributed by atoms with van der Waals surface area (Å²) in [4.78, 5) is 27.7. The lowest BCUT2D eigenvalue weighted by atomic mass is 10.1. The lowest BCUT2D eigenvalue weighted by Gasteiger charge is -2.05. The van der Waals surface area contributed by atoms with Crippen molar-refractivity contribution in [3.8, 4) is 0 Å². The van der Waals surface area contributed by atoms with Gasteiger partial charge in [-0.2, -0.15) is 0 Å². The maximum Gasteiger partial charge on any atom is 0.338 e. The highest BCUT2D eigenvalue weighted by Crippen LogP contribution is 2.22. The predicted octanol–water partition coefficient (Wildman–Crippen LogP) is 3.82. The number of Topliss-reactive ketones (excluding diaryl/α,β-unsaturated/α-hetero) is 1. The fourth-order valence-corrected chi connectivity index (χ4v) is 2.69. The molecule has 0 aliphatic carbocycles. The second kappa shape index (κ2) is 6.08. The number of aromatic nitrogens is 1. The number of hydrogen-bond acceptors (Lipinski definition) is 3. The molecule has 0 fully saturated rings. The number of benzene rings is 2. The van der Waals surface area contributed by atoms with E-state index in [4.69, 9.17) is 4.74 Å². The molecule has 116 valence electrons. The van der Waals surface area contributed by atoms with E-state index in [2.05, 4.69) is 4.98 Å². The second-order valence-corrected chi connectivity index (χ2v) is 5.54. The van der Waals surface area contributed by atoms with Crippen molar-refractivity contribution >= 4 is 22.7 Å². The number of aryl methyl sites for hydroxylation is 2. The molecule has 0 aliphatic heterocycles. The van der Waals surface area contributed by atoms with Crippen LogP contribution in [0.2, 0.25) is 0 Å². The fraction of sp³-hybridized carbons (Fsp3) is 0.158. The Morgan fingerprint density at radius 3 is 2.61 bits per heavy atom. The number of rotatable bonds is 4. The van der Waals surface area contributed by atoms with Crippen molar-refractivity contribution in [1.82, 2.24) is 4.98 Å². The van der Waals surface area contributed by atoms with Gasteiger partial charge in [0.2, 0.25) is 5.78 Å². The molecule has 1 N–H and O–H groups in total. The van der Waals surface area contributed by atoms with Crippen molar-refractivity contribution in [1.29, 1.82) is 0 Å². The molecule has 0 aliphatic rings. The van der Waals surface area contributed by atoms with E-state index in [-0.39, 0.29) is 12.4 Å². The number of fused-ring (bicyclic) bond motifs is 1. The molecule has 0 saturated carbocycles. The largest absolute Gasteiger partial charge is 0.454 e. The zero-order valence-corrected chi connectivity index (χ0v) is 13.1. The molecule has 0 saturated heterocycles. The highest BCUT2D eigenvalue weighted by Gasteiger charge is 2.18. The zero-order valence-electron chi connectivity index (χ0n) is 13.1. The molecule has 0 spiro atoms. The van der Waals surface area contributed by atoms with Gasteiger partial charge in [0.25, 0.3) is 0 Å². The minimum atomic E-state index is -0.487. The van der Waals surface area contributed by atoms with Crippen LogP contribution in [0.1, 0.15) is 32.0 Å². The molecule has 0 atom stereocenters. The quantitative estimate of drug-likeness (QED) is 0.589. The van der Waals surface area contributed by atoms with Crippen molar-refractivity contribution in [2.75, 3.05) is 6.61 Å². The van der Waals surface area contributed by atoms with Crippen molar-refractivity contribution in [2.45, 2.75) is 13.8 Å². The first-order valence-corrected chi connectivity index (χ1v) is 7.40. The third-order valence-electron chi connectivity index (χ3n) is 3.76. The van der Waals surface area contributed by atoms with Gasteiger partial charge in [0.1, 0.15) is 0 Å². The van der Waals surface area contributed by atoms with Crippen LogP contribution in [0.5, 0.6) is 0 Å². The maximum atomic E-state index is 12.4. The molecule has 4 nitrogen and oxygen atoms in total. The Balaban J connectivity index is 1.76. The van der Waals surface area contributed by atoms with Crippen LogP contribution in [0.25, 0.3) is 10.9 Å². The first-order chi connectivity index (χ1) is 11.1. The third kappa shape index (κ3) is 3.01. The summed E-state index contributed by atoms with van der Waals surface area (Å²) in [5.41, 5.74) is 3.69.